The van der Waals surface area contributed by atoms with Gasteiger partial charge in [-0.25, -0.2) is 0 Å². The molecular weight excluding hydrogens is 335 g/mol. The van der Waals surface area contributed by atoms with Gasteiger partial charge in [0.1, 0.15) is 5.75 Å². The van der Waals surface area contributed by atoms with Crippen molar-refractivity contribution in [1.82, 2.24) is 14.8 Å². The number of rotatable bonds is 3. The molecule has 9 heteroatoms. The van der Waals surface area contributed by atoms with E-state index in [2.05, 4.69) is 15.2 Å². The van der Waals surface area contributed by atoms with Crippen LogP contribution in [0.1, 0.15) is 16.8 Å². The summed E-state index contributed by atoms with van der Waals surface area (Å²) in [5.74, 6) is 5.24. The minimum absolute atomic E-state index is 0.0307. The Morgan fingerprint density at radius 3 is 2.52 bits per heavy atom. The van der Waals surface area contributed by atoms with Gasteiger partial charge in [-0.2, -0.15) is 28.4 Å². The molecule has 2 heterocycles. The zero-order valence-corrected chi connectivity index (χ0v) is 13.4. The van der Waals surface area contributed by atoms with Crippen LogP contribution in [0, 0.1) is 6.92 Å². The number of ether oxygens (including phenoxy) is 1. The third kappa shape index (κ3) is 3.25. The van der Waals surface area contributed by atoms with E-state index in [1.807, 2.05) is 0 Å². The molecule has 0 saturated carbocycles. The quantitative estimate of drug-likeness (QED) is 0.447. The maximum Gasteiger partial charge on any atom is 0.417 e. The Labute approximate surface area is 140 Å². The fraction of sp³-hybridized carbons (Fsp3) is 0.188. The van der Waals surface area contributed by atoms with E-state index in [0.717, 1.165) is 11.6 Å². The number of alkyl halides is 3. The van der Waals surface area contributed by atoms with Crippen molar-refractivity contribution in [1.29, 1.82) is 0 Å². The molecule has 25 heavy (non-hydrogen) atoms. The number of pyridine rings is 1. The predicted octanol–water partition coefficient (Wildman–Crippen LogP) is 3.38. The molecule has 0 saturated heterocycles. The third-order valence-electron chi connectivity index (χ3n) is 3.58. The summed E-state index contributed by atoms with van der Waals surface area (Å²) < 4.78 is 47.0. The first-order valence-corrected chi connectivity index (χ1v) is 7.22. The van der Waals surface area contributed by atoms with Gasteiger partial charge in [-0.05, 0) is 36.8 Å². The molecule has 3 rings (SSSR count). The summed E-state index contributed by atoms with van der Waals surface area (Å²) >= 11 is 0. The van der Waals surface area contributed by atoms with Crippen LogP contribution in [0.2, 0.25) is 0 Å². The minimum Gasteiger partial charge on any atom is -0.439 e. The Morgan fingerprint density at radius 2 is 1.92 bits per heavy atom. The molecule has 2 N–H and O–H groups in total. The van der Waals surface area contributed by atoms with Crippen molar-refractivity contribution >= 4 is 17.2 Å². The van der Waals surface area contributed by atoms with Gasteiger partial charge in [0.2, 0.25) is 5.88 Å². The highest BCUT2D eigenvalue weighted by molar-refractivity contribution is 5.83. The highest BCUT2D eigenvalue weighted by Gasteiger charge is 2.35. The topological polar surface area (TPSA) is 78.3 Å². The molecule has 0 radical (unpaired) electrons. The number of halogens is 3. The Hall–Kier alpha value is -3.10. The number of hydrogen-bond acceptors (Lipinski definition) is 5. The van der Waals surface area contributed by atoms with E-state index in [9.17, 15) is 13.2 Å². The first-order chi connectivity index (χ1) is 11.8. The Morgan fingerprint density at radius 1 is 1.24 bits per heavy atom. The Kier molecular flexibility index (Phi) is 4.07. The molecule has 0 aliphatic rings. The molecule has 130 valence electrons. The van der Waals surface area contributed by atoms with E-state index in [1.54, 1.807) is 24.3 Å². The van der Waals surface area contributed by atoms with Crippen molar-refractivity contribution in [2.24, 2.45) is 18.0 Å². The van der Waals surface area contributed by atoms with Crippen molar-refractivity contribution in [3.63, 3.8) is 0 Å². The summed E-state index contributed by atoms with van der Waals surface area (Å²) in [4.78, 5) is 4.16. The second-order valence-corrected chi connectivity index (χ2v) is 5.36. The van der Waals surface area contributed by atoms with E-state index in [-0.39, 0.29) is 22.6 Å². The van der Waals surface area contributed by atoms with Gasteiger partial charge >= 0.3 is 6.18 Å². The van der Waals surface area contributed by atoms with Gasteiger partial charge in [-0.3, -0.25) is 4.68 Å². The second-order valence-electron chi connectivity index (χ2n) is 5.36. The van der Waals surface area contributed by atoms with Crippen LogP contribution in [0.25, 0.3) is 11.0 Å². The number of aromatic nitrogens is 3. The zero-order chi connectivity index (χ0) is 18.2. The van der Waals surface area contributed by atoms with Crippen LogP contribution in [0.4, 0.5) is 13.2 Å². The lowest BCUT2D eigenvalue weighted by molar-refractivity contribution is -0.136. The molecule has 0 aliphatic heterocycles. The summed E-state index contributed by atoms with van der Waals surface area (Å²) in [5.41, 5.74) is 0.269. The van der Waals surface area contributed by atoms with Crippen LogP contribution in [-0.2, 0) is 13.2 Å². The first kappa shape index (κ1) is 16.7. The molecule has 0 spiro atoms. The standard InChI is InChI=1S/C16H14F3N5O/c1-9-14-12(16(17,18)19)7-13(22-15(14)24(2)23-9)25-11-5-3-10(4-6-11)8-21-20/h3-8H,20H2,1-2H3. The predicted molar refractivity (Wildman–Crippen MR) is 86.5 cm³/mol. The van der Waals surface area contributed by atoms with Gasteiger partial charge < -0.3 is 10.6 Å². The largest absolute Gasteiger partial charge is 0.439 e. The number of nitrogens with zero attached hydrogens (tertiary/aromatic N) is 4. The fourth-order valence-corrected chi connectivity index (χ4v) is 2.53. The maximum atomic E-state index is 13.4. The Balaban J connectivity index is 2.06. The molecule has 1 aromatic carbocycles. The first-order valence-electron chi connectivity index (χ1n) is 7.22. The van der Waals surface area contributed by atoms with Crippen LogP contribution in [0.5, 0.6) is 11.6 Å². The number of hydrazone groups is 1. The summed E-state index contributed by atoms with van der Waals surface area (Å²) in [6.07, 6.45) is -3.11. The highest BCUT2D eigenvalue weighted by atomic mass is 19.4. The fourth-order valence-electron chi connectivity index (χ4n) is 2.53. The van der Waals surface area contributed by atoms with E-state index >= 15 is 0 Å². The molecule has 6 nitrogen and oxygen atoms in total. The summed E-state index contributed by atoms with van der Waals surface area (Å²) in [7, 11) is 1.53. The molecule has 0 bridgehead atoms. The molecule has 2 aromatic heterocycles. The van der Waals surface area contributed by atoms with Crippen LogP contribution in [0.15, 0.2) is 35.4 Å². The van der Waals surface area contributed by atoms with Gasteiger partial charge in [0.05, 0.1) is 22.9 Å². The van der Waals surface area contributed by atoms with Crippen molar-refractivity contribution in [3.05, 3.63) is 47.2 Å². The summed E-state index contributed by atoms with van der Waals surface area (Å²) in [5, 5.41) is 7.38. The molecule has 0 fully saturated rings. The highest BCUT2D eigenvalue weighted by Crippen LogP contribution is 2.38. The van der Waals surface area contributed by atoms with Crippen molar-refractivity contribution < 1.29 is 17.9 Å². The van der Waals surface area contributed by atoms with E-state index in [1.165, 1.54) is 24.9 Å². The van der Waals surface area contributed by atoms with Crippen molar-refractivity contribution in [2.75, 3.05) is 0 Å². The van der Waals surface area contributed by atoms with Gasteiger partial charge in [-0.1, -0.05) is 0 Å². The monoisotopic (exact) mass is 349 g/mol. The maximum absolute atomic E-state index is 13.4. The lowest BCUT2D eigenvalue weighted by atomic mass is 10.1. The molecule has 0 atom stereocenters. The van der Waals surface area contributed by atoms with Gasteiger partial charge in [-0.15, -0.1) is 0 Å². The van der Waals surface area contributed by atoms with E-state index in [4.69, 9.17) is 10.6 Å². The zero-order valence-electron chi connectivity index (χ0n) is 13.4. The molecular formula is C16H14F3N5O. The second kappa shape index (κ2) is 6.08. The van der Waals surface area contributed by atoms with Gasteiger partial charge in [0, 0.05) is 13.1 Å². The summed E-state index contributed by atoms with van der Waals surface area (Å²) in [6, 6.07) is 7.40. The van der Waals surface area contributed by atoms with Crippen molar-refractivity contribution in [2.45, 2.75) is 13.1 Å². The third-order valence-corrected chi connectivity index (χ3v) is 3.58. The lowest BCUT2D eigenvalue weighted by Gasteiger charge is -2.11. The van der Waals surface area contributed by atoms with E-state index < -0.39 is 11.7 Å². The molecule has 0 amide bonds. The number of nitrogens with two attached hydrogens (primary N) is 1. The molecule has 0 aliphatic carbocycles. The molecule has 3 aromatic rings. The van der Waals surface area contributed by atoms with Gasteiger partial charge in [0.25, 0.3) is 0 Å². The smallest absolute Gasteiger partial charge is 0.417 e. The van der Waals surface area contributed by atoms with Crippen LogP contribution < -0.4 is 10.6 Å². The van der Waals surface area contributed by atoms with E-state index in [0.29, 0.717) is 5.75 Å². The SMILES string of the molecule is Cc1nn(C)c2nc(Oc3ccc(C=NN)cc3)cc(C(F)(F)F)c12. The van der Waals surface area contributed by atoms with Crippen LogP contribution in [-0.4, -0.2) is 21.0 Å². The number of aryl methyl sites for hydroxylation is 2. The average Bonchev–Trinajstić information content (AvgIpc) is 2.83. The van der Waals surface area contributed by atoms with Crippen molar-refractivity contribution in [3.8, 4) is 11.6 Å². The summed E-state index contributed by atoms with van der Waals surface area (Å²) in [6.45, 7) is 1.51. The number of benzene rings is 1. The lowest BCUT2D eigenvalue weighted by Crippen LogP contribution is -2.07. The Bertz CT molecular complexity index is 945. The minimum atomic E-state index is -4.55. The van der Waals surface area contributed by atoms with Crippen LogP contribution >= 0.6 is 0 Å². The normalized spacial score (nSPS) is 12.2. The average molecular weight is 349 g/mol. The number of hydrogen-bond donors (Lipinski definition) is 1. The van der Waals surface area contributed by atoms with Crippen LogP contribution in [0.3, 0.4) is 0 Å². The van der Waals surface area contributed by atoms with Gasteiger partial charge in [0.15, 0.2) is 5.65 Å². The molecule has 0 unspecified atom stereocenters. The number of fused-ring (bicyclic) bond motifs is 1.